The number of aromatic nitrogens is 2. The number of halogens is 3. The van der Waals surface area contributed by atoms with Gasteiger partial charge in [0.1, 0.15) is 17.6 Å². The van der Waals surface area contributed by atoms with Crippen molar-refractivity contribution in [1.29, 1.82) is 0 Å². The summed E-state index contributed by atoms with van der Waals surface area (Å²) in [5.41, 5.74) is 0.282. The Morgan fingerprint density at radius 2 is 2.04 bits per heavy atom. The lowest BCUT2D eigenvalue weighted by atomic mass is 9.97. The molecule has 25 heavy (non-hydrogen) atoms. The predicted molar refractivity (Wildman–Crippen MR) is 82.9 cm³/mol. The normalized spacial score (nSPS) is 23.9. The number of nitrogens with zero attached hydrogens (tertiary/aromatic N) is 3. The average Bonchev–Trinajstić information content (AvgIpc) is 2.98. The van der Waals surface area contributed by atoms with E-state index < -0.39 is 30.1 Å². The highest BCUT2D eigenvalue weighted by molar-refractivity contribution is 5.92. The molecule has 0 aromatic carbocycles. The Hall–Kier alpha value is -2.06. The number of nitrogens with one attached hydrogen (secondary N) is 1. The number of fused-ring (bicyclic) bond motifs is 1. The average molecular weight is 358 g/mol. The third-order valence-corrected chi connectivity index (χ3v) is 4.84. The predicted octanol–water partition coefficient (Wildman–Crippen LogP) is 1.89. The van der Waals surface area contributed by atoms with E-state index in [1.807, 2.05) is 4.57 Å². The van der Waals surface area contributed by atoms with Crippen LogP contribution in [-0.2, 0) is 17.8 Å². The fourth-order valence-corrected chi connectivity index (χ4v) is 3.56. The SMILES string of the molecule is CC(=O)N1C[C@@H](NC(=O)c2cn3c(n2)CCCC3)CC[C@@H]1C(F)(F)F. The molecule has 2 amide bonds. The smallest absolute Gasteiger partial charge is 0.346 e. The monoisotopic (exact) mass is 358 g/mol. The van der Waals surface area contributed by atoms with E-state index in [1.165, 1.54) is 0 Å². The van der Waals surface area contributed by atoms with Crippen LogP contribution in [0.3, 0.4) is 0 Å². The third kappa shape index (κ3) is 3.80. The minimum Gasteiger partial charge on any atom is -0.346 e. The van der Waals surface area contributed by atoms with Crippen molar-refractivity contribution in [3.05, 3.63) is 17.7 Å². The molecule has 2 atom stereocenters. The Labute approximate surface area is 143 Å². The van der Waals surface area contributed by atoms with E-state index in [-0.39, 0.29) is 25.1 Å². The van der Waals surface area contributed by atoms with Gasteiger partial charge in [0, 0.05) is 38.7 Å². The first-order chi connectivity index (χ1) is 11.8. The molecule has 1 aromatic heterocycles. The highest BCUT2D eigenvalue weighted by Gasteiger charge is 2.47. The fraction of sp³-hybridized carbons (Fsp3) is 0.688. The minimum absolute atomic E-state index is 0.140. The lowest BCUT2D eigenvalue weighted by Gasteiger charge is -2.40. The number of aryl methyl sites for hydroxylation is 2. The minimum atomic E-state index is -4.45. The van der Waals surface area contributed by atoms with E-state index in [0.717, 1.165) is 43.5 Å². The molecule has 0 radical (unpaired) electrons. The van der Waals surface area contributed by atoms with Crippen LogP contribution in [0.15, 0.2) is 6.20 Å². The molecule has 0 unspecified atom stereocenters. The summed E-state index contributed by atoms with van der Waals surface area (Å²) in [6.07, 6.45) is 0.0904. The molecular weight excluding hydrogens is 337 g/mol. The van der Waals surface area contributed by atoms with E-state index in [4.69, 9.17) is 0 Å². The molecule has 0 aliphatic carbocycles. The van der Waals surface area contributed by atoms with Crippen LogP contribution < -0.4 is 5.32 Å². The van der Waals surface area contributed by atoms with Crippen LogP contribution in [0, 0.1) is 0 Å². The Kier molecular flexibility index (Phi) is 4.75. The topological polar surface area (TPSA) is 67.2 Å². The molecule has 2 aliphatic rings. The standard InChI is InChI=1S/C16H21F3N4O2/c1-10(24)23-8-11(5-6-13(23)16(17,18)19)20-15(25)12-9-22-7-3-2-4-14(22)21-12/h9,11,13H,2-8H2,1H3,(H,20,25)/t11-,13+/m0/s1. The van der Waals surface area contributed by atoms with Crippen LogP contribution >= 0.6 is 0 Å². The molecule has 1 saturated heterocycles. The Bertz CT molecular complexity index is 647. The van der Waals surface area contributed by atoms with Crippen LogP contribution in [0.5, 0.6) is 0 Å². The molecule has 0 saturated carbocycles. The number of carbonyl (C=O) groups is 2. The molecule has 3 heterocycles. The number of carbonyl (C=O) groups excluding carboxylic acids is 2. The summed E-state index contributed by atoms with van der Waals surface area (Å²) < 4.78 is 41.1. The molecule has 9 heteroatoms. The number of alkyl halides is 3. The van der Waals surface area contributed by atoms with Gasteiger partial charge < -0.3 is 14.8 Å². The van der Waals surface area contributed by atoms with Gasteiger partial charge in [-0.05, 0) is 25.7 Å². The number of imidazole rings is 1. The van der Waals surface area contributed by atoms with Crippen molar-refractivity contribution >= 4 is 11.8 Å². The molecule has 0 bridgehead atoms. The van der Waals surface area contributed by atoms with Gasteiger partial charge in [-0.3, -0.25) is 9.59 Å². The maximum absolute atomic E-state index is 13.0. The summed E-state index contributed by atoms with van der Waals surface area (Å²) in [4.78, 5) is 29.1. The summed E-state index contributed by atoms with van der Waals surface area (Å²) >= 11 is 0. The number of piperidine rings is 1. The van der Waals surface area contributed by atoms with Crippen molar-refractivity contribution in [1.82, 2.24) is 19.8 Å². The van der Waals surface area contributed by atoms with Gasteiger partial charge in [-0.15, -0.1) is 0 Å². The molecule has 1 aromatic rings. The van der Waals surface area contributed by atoms with E-state index in [2.05, 4.69) is 10.3 Å². The van der Waals surface area contributed by atoms with E-state index >= 15 is 0 Å². The zero-order valence-corrected chi connectivity index (χ0v) is 14.0. The second-order valence-electron chi connectivity index (χ2n) is 6.67. The lowest BCUT2D eigenvalue weighted by Crippen LogP contribution is -2.57. The van der Waals surface area contributed by atoms with Crippen LogP contribution in [0.2, 0.25) is 0 Å². The zero-order valence-electron chi connectivity index (χ0n) is 14.0. The lowest BCUT2D eigenvalue weighted by molar-refractivity contribution is -0.196. The van der Waals surface area contributed by atoms with Gasteiger partial charge >= 0.3 is 6.18 Å². The summed E-state index contributed by atoms with van der Waals surface area (Å²) in [7, 11) is 0. The van der Waals surface area contributed by atoms with Gasteiger partial charge in [0.25, 0.3) is 5.91 Å². The van der Waals surface area contributed by atoms with Crippen molar-refractivity contribution in [2.75, 3.05) is 6.54 Å². The second-order valence-corrected chi connectivity index (χ2v) is 6.67. The fourth-order valence-electron chi connectivity index (χ4n) is 3.56. The van der Waals surface area contributed by atoms with Crippen molar-refractivity contribution in [2.45, 2.75) is 63.8 Å². The van der Waals surface area contributed by atoms with Crippen molar-refractivity contribution in [2.24, 2.45) is 0 Å². The molecule has 138 valence electrons. The number of amides is 2. The van der Waals surface area contributed by atoms with Gasteiger partial charge in [-0.1, -0.05) is 0 Å². The van der Waals surface area contributed by atoms with E-state index in [1.54, 1.807) is 6.20 Å². The Morgan fingerprint density at radius 3 is 2.68 bits per heavy atom. The van der Waals surface area contributed by atoms with Gasteiger partial charge in [-0.25, -0.2) is 4.98 Å². The summed E-state index contributed by atoms with van der Waals surface area (Å²) in [6.45, 7) is 1.80. The second kappa shape index (κ2) is 6.68. The number of hydrogen-bond donors (Lipinski definition) is 1. The molecule has 1 N–H and O–H groups in total. The van der Waals surface area contributed by atoms with Gasteiger partial charge in [0.05, 0.1) is 0 Å². The van der Waals surface area contributed by atoms with Crippen molar-refractivity contribution < 1.29 is 22.8 Å². The van der Waals surface area contributed by atoms with Gasteiger partial charge in [0.15, 0.2) is 0 Å². The van der Waals surface area contributed by atoms with Gasteiger partial charge in [-0.2, -0.15) is 13.2 Å². The Balaban J connectivity index is 1.66. The number of rotatable bonds is 2. The van der Waals surface area contributed by atoms with Gasteiger partial charge in [0.2, 0.25) is 5.91 Å². The Morgan fingerprint density at radius 1 is 1.28 bits per heavy atom. The highest BCUT2D eigenvalue weighted by atomic mass is 19.4. The largest absolute Gasteiger partial charge is 0.408 e. The first-order valence-corrected chi connectivity index (χ1v) is 8.46. The van der Waals surface area contributed by atoms with Crippen LogP contribution in [0.4, 0.5) is 13.2 Å². The first-order valence-electron chi connectivity index (χ1n) is 8.46. The zero-order chi connectivity index (χ0) is 18.2. The summed E-state index contributed by atoms with van der Waals surface area (Å²) in [5.74, 6) is -0.179. The van der Waals surface area contributed by atoms with E-state index in [0.29, 0.717) is 0 Å². The molecular formula is C16H21F3N4O2. The maximum Gasteiger partial charge on any atom is 0.408 e. The van der Waals surface area contributed by atoms with Crippen molar-refractivity contribution in [3.63, 3.8) is 0 Å². The molecule has 0 spiro atoms. The third-order valence-electron chi connectivity index (χ3n) is 4.84. The van der Waals surface area contributed by atoms with Crippen molar-refractivity contribution in [3.8, 4) is 0 Å². The number of likely N-dealkylation sites (tertiary alicyclic amines) is 1. The highest BCUT2D eigenvalue weighted by Crippen LogP contribution is 2.32. The maximum atomic E-state index is 13.0. The quantitative estimate of drug-likeness (QED) is 0.878. The summed E-state index contributed by atoms with van der Waals surface area (Å²) in [6, 6.07) is -2.29. The molecule has 6 nitrogen and oxygen atoms in total. The summed E-state index contributed by atoms with van der Waals surface area (Å²) in [5, 5.41) is 2.73. The van der Waals surface area contributed by atoms with Crippen LogP contribution in [-0.4, -0.2) is 51.1 Å². The van der Waals surface area contributed by atoms with Crippen LogP contribution in [0.1, 0.15) is 48.9 Å². The number of hydrogen-bond acceptors (Lipinski definition) is 3. The first kappa shape index (κ1) is 17.8. The molecule has 3 rings (SSSR count). The van der Waals surface area contributed by atoms with Crippen LogP contribution in [0.25, 0.3) is 0 Å². The molecule has 2 aliphatic heterocycles. The van der Waals surface area contributed by atoms with E-state index in [9.17, 15) is 22.8 Å². The molecule has 1 fully saturated rings.